The topological polar surface area (TPSA) is 43.1 Å². The Morgan fingerprint density at radius 1 is 1.14 bits per heavy atom. The average Bonchev–Trinajstić information content (AvgIpc) is 3.14. The summed E-state index contributed by atoms with van der Waals surface area (Å²) in [7, 11) is 0. The van der Waals surface area contributed by atoms with Crippen molar-refractivity contribution < 1.29 is 8.78 Å². The molecule has 110 valence electrons. The van der Waals surface area contributed by atoms with E-state index in [1.165, 1.54) is 23.5 Å². The summed E-state index contributed by atoms with van der Waals surface area (Å²) in [5.41, 5.74) is 1.34. The summed E-state index contributed by atoms with van der Waals surface area (Å²) in [6.45, 7) is 1.99. The Bertz CT molecular complexity index is 986. The van der Waals surface area contributed by atoms with Crippen molar-refractivity contribution in [2.45, 2.75) is 6.92 Å². The highest BCUT2D eigenvalue weighted by Crippen LogP contribution is 2.32. The molecule has 0 radical (unpaired) electrons. The van der Waals surface area contributed by atoms with Gasteiger partial charge in [-0.1, -0.05) is 11.3 Å². The van der Waals surface area contributed by atoms with E-state index in [9.17, 15) is 8.78 Å². The van der Waals surface area contributed by atoms with Crippen LogP contribution in [0.3, 0.4) is 0 Å². The van der Waals surface area contributed by atoms with Crippen molar-refractivity contribution in [3.8, 4) is 21.3 Å². The molecule has 3 aromatic heterocycles. The van der Waals surface area contributed by atoms with Gasteiger partial charge in [-0.25, -0.2) is 8.78 Å². The fourth-order valence-electron chi connectivity index (χ4n) is 2.13. The smallest absolute Gasteiger partial charge is 0.207 e. The minimum absolute atomic E-state index is 0.255. The molecular formula is C14H8F2N4S2. The largest absolute Gasteiger partial charge is 0.235 e. The Hall–Kier alpha value is -2.19. The number of rotatable bonds is 2. The van der Waals surface area contributed by atoms with Gasteiger partial charge in [-0.2, -0.15) is 9.61 Å². The van der Waals surface area contributed by atoms with Crippen LogP contribution in [0.2, 0.25) is 0 Å². The van der Waals surface area contributed by atoms with Crippen LogP contribution in [0.15, 0.2) is 29.6 Å². The average molecular weight is 334 g/mol. The highest BCUT2D eigenvalue weighted by Gasteiger charge is 2.18. The first kappa shape index (κ1) is 13.5. The van der Waals surface area contributed by atoms with Crippen LogP contribution in [-0.4, -0.2) is 19.8 Å². The Labute approximate surface area is 131 Å². The first-order chi connectivity index (χ1) is 10.6. The van der Waals surface area contributed by atoms with Crippen LogP contribution in [0.1, 0.15) is 5.56 Å². The van der Waals surface area contributed by atoms with Gasteiger partial charge in [0.25, 0.3) is 0 Å². The fraction of sp³-hybridized carbons (Fsp3) is 0.0714. The second kappa shape index (κ2) is 4.92. The number of benzene rings is 1. The van der Waals surface area contributed by atoms with Crippen molar-refractivity contribution in [1.29, 1.82) is 0 Å². The number of thiophene rings is 1. The highest BCUT2D eigenvalue weighted by atomic mass is 32.1. The maximum Gasteiger partial charge on any atom is 0.235 e. The molecule has 0 atom stereocenters. The van der Waals surface area contributed by atoms with Crippen LogP contribution in [0.25, 0.3) is 26.2 Å². The molecule has 0 spiro atoms. The first-order valence-electron chi connectivity index (χ1n) is 6.35. The van der Waals surface area contributed by atoms with Gasteiger partial charge in [-0.05, 0) is 36.1 Å². The molecule has 0 saturated carbocycles. The molecule has 0 amide bonds. The Kier molecular flexibility index (Phi) is 3.02. The standard InChI is InChI=1S/C14H8F2N4S2/c1-7-4-5-21-11(7)12-17-18-14-20(12)19-13(22-14)9-3-2-8(15)6-10(9)16/h2-6H,1H3. The maximum atomic E-state index is 13.9. The summed E-state index contributed by atoms with van der Waals surface area (Å²) in [6.07, 6.45) is 0. The molecule has 0 aliphatic heterocycles. The molecule has 3 heterocycles. The van der Waals surface area contributed by atoms with E-state index in [2.05, 4.69) is 15.3 Å². The highest BCUT2D eigenvalue weighted by molar-refractivity contribution is 7.20. The lowest BCUT2D eigenvalue weighted by molar-refractivity contribution is 0.585. The third kappa shape index (κ3) is 2.03. The lowest BCUT2D eigenvalue weighted by Gasteiger charge is -1.98. The predicted molar refractivity (Wildman–Crippen MR) is 82.1 cm³/mol. The molecule has 22 heavy (non-hydrogen) atoms. The van der Waals surface area contributed by atoms with Crippen molar-refractivity contribution >= 4 is 27.6 Å². The third-order valence-corrected chi connectivity index (χ3v) is 5.16. The van der Waals surface area contributed by atoms with Gasteiger partial charge in [0.1, 0.15) is 11.6 Å². The molecule has 0 aliphatic rings. The molecule has 1 aromatic carbocycles. The zero-order chi connectivity index (χ0) is 15.3. The van der Waals surface area contributed by atoms with Crippen LogP contribution in [0.5, 0.6) is 0 Å². The van der Waals surface area contributed by atoms with Gasteiger partial charge in [0.05, 0.1) is 4.88 Å². The van der Waals surface area contributed by atoms with Crippen LogP contribution >= 0.6 is 22.7 Å². The molecule has 0 unspecified atom stereocenters. The van der Waals surface area contributed by atoms with Crippen LogP contribution < -0.4 is 0 Å². The number of halogens is 2. The minimum Gasteiger partial charge on any atom is -0.207 e. The van der Waals surface area contributed by atoms with E-state index in [1.54, 1.807) is 15.9 Å². The van der Waals surface area contributed by atoms with Crippen molar-refractivity contribution in [2.24, 2.45) is 0 Å². The SMILES string of the molecule is Cc1ccsc1-c1nnc2sc(-c3ccc(F)cc3F)nn12. The Morgan fingerprint density at radius 2 is 2.00 bits per heavy atom. The number of nitrogens with zero attached hydrogens (tertiary/aromatic N) is 4. The van der Waals surface area contributed by atoms with Gasteiger partial charge in [0, 0.05) is 11.6 Å². The fourth-order valence-corrected chi connectivity index (χ4v) is 3.89. The molecule has 8 heteroatoms. The third-order valence-electron chi connectivity index (χ3n) is 3.22. The second-order valence-electron chi connectivity index (χ2n) is 4.68. The van der Waals surface area contributed by atoms with Crippen molar-refractivity contribution in [1.82, 2.24) is 19.8 Å². The van der Waals surface area contributed by atoms with Crippen LogP contribution in [0, 0.1) is 18.6 Å². The molecule has 4 aromatic rings. The molecule has 0 bridgehead atoms. The van der Waals surface area contributed by atoms with E-state index in [-0.39, 0.29) is 5.56 Å². The summed E-state index contributed by atoms with van der Waals surface area (Å²) in [4.78, 5) is 1.55. The number of hydrogen-bond acceptors (Lipinski definition) is 5. The van der Waals surface area contributed by atoms with Gasteiger partial charge < -0.3 is 0 Å². The summed E-state index contributed by atoms with van der Waals surface area (Å²) in [5.74, 6) is -0.620. The van der Waals surface area contributed by atoms with Crippen molar-refractivity contribution in [2.75, 3.05) is 0 Å². The normalized spacial score (nSPS) is 11.4. The summed E-state index contributed by atoms with van der Waals surface area (Å²) >= 11 is 2.76. The molecule has 4 rings (SSSR count). The van der Waals surface area contributed by atoms with E-state index < -0.39 is 11.6 Å². The van der Waals surface area contributed by atoms with Gasteiger partial charge in [-0.3, -0.25) is 0 Å². The van der Waals surface area contributed by atoms with Gasteiger partial charge in [0.15, 0.2) is 10.8 Å². The zero-order valence-corrected chi connectivity index (χ0v) is 12.9. The number of aryl methyl sites for hydroxylation is 1. The van der Waals surface area contributed by atoms with Crippen molar-refractivity contribution in [3.63, 3.8) is 0 Å². The first-order valence-corrected chi connectivity index (χ1v) is 8.05. The van der Waals surface area contributed by atoms with Crippen LogP contribution in [-0.2, 0) is 0 Å². The molecule has 0 fully saturated rings. The molecule has 0 aliphatic carbocycles. The van der Waals surface area contributed by atoms with E-state index >= 15 is 0 Å². The van der Waals surface area contributed by atoms with Gasteiger partial charge in [0.2, 0.25) is 4.96 Å². The maximum absolute atomic E-state index is 13.9. The van der Waals surface area contributed by atoms with Gasteiger partial charge >= 0.3 is 0 Å². The summed E-state index contributed by atoms with van der Waals surface area (Å²) in [6, 6.07) is 5.44. The van der Waals surface area contributed by atoms with E-state index in [4.69, 9.17) is 0 Å². The minimum atomic E-state index is -0.640. The molecule has 0 saturated heterocycles. The Balaban J connectivity index is 1.89. The second-order valence-corrected chi connectivity index (χ2v) is 6.55. The summed E-state index contributed by atoms with van der Waals surface area (Å²) < 4.78 is 28.5. The van der Waals surface area contributed by atoms with Crippen molar-refractivity contribution in [3.05, 3.63) is 46.8 Å². The van der Waals surface area contributed by atoms with Crippen LogP contribution in [0.4, 0.5) is 8.78 Å². The number of aromatic nitrogens is 4. The van der Waals surface area contributed by atoms with E-state index in [0.717, 1.165) is 16.5 Å². The number of fused-ring (bicyclic) bond motifs is 1. The molecular weight excluding hydrogens is 326 g/mol. The van der Waals surface area contributed by atoms with Gasteiger partial charge in [-0.15, -0.1) is 21.5 Å². The van der Waals surface area contributed by atoms with E-state index in [0.29, 0.717) is 15.8 Å². The molecule has 4 nitrogen and oxygen atoms in total. The summed E-state index contributed by atoms with van der Waals surface area (Å²) in [5, 5.41) is 15.0. The lowest BCUT2D eigenvalue weighted by atomic mass is 10.2. The quantitative estimate of drug-likeness (QED) is 0.553. The predicted octanol–water partition coefficient (Wildman–Crippen LogP) is 4.17. The Morgan fingerprint density at radius 3 is 2.73 bits per heavy atom. The lowest BCUT2D eigenvalue weighted by Crippen LogP contribution is -1.91. The number of hydrogen-bond donors (Lipinski definition) is 0. The monoisotopic (exact) mass is 334 g/mol. The zero-order valence-electron chi connectivity index (χ0n) is 11.2. The van der Waals surface area contributed by atoms with E-state index in [1.807, 2.05) is 18.4 Å². The molecule has 0 N–H and O–H groups in total.